The molecule has 0 radical (unpaired) electrons. The summed E-state index contributed by atoms with van der Waals surface area (Å²) in [6.07, 6.45) is 4.33. The number of nitrogens with one attached hydrogen (secondary N) is 1. The minimum Gasteiger partial charge on any atom is -0.507 e. The van der Waals surface area contributed by atoms with Crippen molar-refractivity contribution in [2.45, 2.75) is 37.1 Å². The van der Waals surface area contributed by atoms with Crippen LogP contribution < -0.4 is 5.32 Å². The van der Waals surface area contributed by atoms with Gasteiger partial charge >= 0.3 is 0 Å². The smallest absolute Gasteiger partial charge is 0.275 e. The van der Waals surface area contributed by atoms with E-state index in [0.29, 0.717) is 38.1 Å². The van der Waals surface area contributed by atoms with Gasteiger partial charge in [-0.1, -0.05) is 12.2 Å². The highest BCUT2D eigenvalue weighted by Crippen LogP contribution is 2.45. The molecule has 2 fully saturated rings. The summed E-state index contributed by atoms with van der Waals surface area (Å²) in [6.45, 7) is 0.394. The van der Waals surface area contributed by atoms with E-state index in [2.05, 4.69) is 5.32 Å². The van der Waals surface area contributed by atoms with Crippen LogP contribution in [0.2, 0.25) is 0 Å². The van der Waals surface area contributed by atoms with Gasteiger partial charge in [-0.15, -0.1) is 0 Å². The molecule has 8 nitrogen and oxygen atoms in total. The summed E-state index contributed by atoms with van der Waals surface area (Å²) < 4.78 is 46.7. The predicted molar refractivity (Wildman–Crippen MR) is 111 cm³/mol. The van der Waals surface area contributed by atoms with Crippen molar-refractivity contribution in [1.29, 1.82) is 0 Å². The number of hydrogen-bond donors (Lipinski definition) is 3. The molecule has 5 rings (SSSR count). The second kappa shape index (κ2) is 8.17. The number of fused-ring (bicyclic) bond motifs is 2. The van der Waals surface area contributed by atoms with Crippen LogP contribution in [-0.4, -0.2) is 69.3 Å². The van der Waals surface area contributed by atoms with Crippen molar-refractivity contribution >= 4 is 11.8 Å². The third-order valence-corrected chi connectivity index (χ3v) is 6.88. The highest BCUT2D eigenvalue weighted by atomic mass is 19.1. The van der Waals surface area contributed by atoms with Crippen LogP contribution in [0, 0.1) is 17.5 Å². The maximum Gasteiger partial charge on any atom is 0.275 e. The van der Waals surface area contributed by atoms with Crippen LogP contribution in [-0.2, 0) is 20.9 Å². The Morgan fingerprint density at radius 2 is 1.97 bits per heavy atom. The van der Waals surface area contributed by atoms with E-state index in [0.717, 1.165) is 0 Å². The molecule has 34 heavy (non-hydrogen) atoms. The Kier molecular flexibility index (Phi) is 5.40. The molecule has 1 aromatic carbocycles. The minimum absolute atomic E-state index is 0.113. The van der Waals surface area contributed by atoms with Gasteiger partial charge in [0, 0.05) is 43.6 Å². The molecule has 3 atom stereocenters. The van der Waals surface area contributed by atoms with Gasteiger partial charge in [0.25, 0.3) is 11.8 Å². The predicted octanol–water partition coefficient (Wildman–Crippen LogP) is 1.38. The lowest BCUT2D eigenvalue weighted by Crippen LogP contribution is -2.73. The quantitative estimate of drug-likeness (QED) is 0.569. The number of hydrogen-bond acceptors (Lipinski definition) is 6. The van der Waals surface area contributed by atoms with Crippen molar-refractivity contribution < 1.29 is 37.7 Å². The highest BCUT2D eigenvalue weighted by molar-refractivity contribution is 6.00. The number of nitrogens with zero attached hydrogens (tertiary/aromatic N) is 2. The Morgan fingerprint density at radius 1 is 1.24 bits per heavy atom. The zero-order valence-corrected chi connectivity index (χ0v) is 17.9. The molecule has 4 aliphatic heterocycles. The van der Waals surface area contributed by atoms with E-state index in [1.807, 2.05) is 12.2 Å². The van der Waals surface area contributed by atoms with Gasteiger partial charge in [0.1, 0.15) is 29.3 Å². The minimum atomic E-state index is -1.81. The number of piperazine rings is 1. The van der Waals surface area contributed by atoms with E-state index >= 15 is 0 Å². The lowest BCUT2D eigenvalue weighted by Gasteiger charge is -2.59. The molecular weight excluding hydrogens is 455 g/mol. The van der Waals surface area contributed by atoms with Crippen molar-refractivity contribution in [1.82, 2.24) is 15.1 Å². The van der Waals surface area contributed by atoms with Crippen LogP contribution in [0.1, 0.15) is 18.4 Å². The zero-order chi connectivity index (χ0) is 24.2. The van der Waals surface area contributed by atoms with Crippen LogP contribution in [0.3, 0.4) is 0 Å². The van der Waals surface area contributed by atoms with E-state index in [9.17, 15) is 33.0 Å². The number of carbonyl (C=O) groups is 2. The van der Waals surface area contributed by atoms with E-state index < -0.39 is 58.8 Å². The summed E-state index contributed by atoms with van der Waals surface area (Å²) in [7, 11) is 0. The Hall–Kier alpha value is -3.31. The monoisotopic (exact) mass is 477 g/mol. The summed E-state index contributed by atoms with van der Waals surface area (Å²) in [5, 5.41) is 23.7. The van der Waals surface area contributed by atoms with Gasteiger partial charge in [0.05, 0.1) is 23.8 Å². The molecule has 0 bridgehead atoms. The number of rotatable bonds is 3. The third-order valence-electron chi connectivity index (χ3n) is 6.88. The van der Waals surface area contributed by atoms with E-state index in [4.69, 9.17) is 4.74 Å². The lowest BCUT2D eigenvalue weighted by atomic mass is 9.76. The average molecular weight is 477 g/mol. The first-order valence-electron chi connectivity index (χ1n) is 10.8. The number of halogens is 3. The molecule has 0 aliphatic carbocycles. The van der Waals surface area contributed by atoms with Gasteiger partial charge in [0.2, 0.25) is 0 Å². The fourth-order valence-electron chi connectivity index (χ4n) is 5.19. The molecule has 4 heterocycles. The van der Waals surface area contributed by atoms with Crippen molar-refractivity contribution in [3.8, 4) is 0 Å². The molecule has 180 valence electrons. The summed E-state index contributed by atoms with van der Waals surface area (Å²) in [5.74, 6) is -5.50. The van der Waals surface area contributed by atoms with Crippen LogP contribution in [0.5, 0.6) is 0 Å². The van der Waals surface area contributed by atoms with Crippen molar-refractivity contribution in [3.63, 3.8) is 0 Å². The van der Waals surface area contributed by atoms with Crippen LogP contribution in [0.4, 0.5) is 13.2 Å². The molecule has 1 spiro atoms. The molecular formula is C23H22F3N3O5. The number of ether oxygens (including phenoxy) is 1. The SMILES string of the molecule is O=C(NCc1c(F)cc(F)cc1F)C1=CN2C(=C(O)C1O)C(=O)N1CC=CC[C@]13COCCC23. The molecule has 2 saturated heterocycles. The summed E-state index contributed by atoms with van der Waals surface area (Å²) in [4.78, 5) is 29.3. The molecule has 0 aromatic heterocycles. The third kappa shape index (κ3) is 3.30. The van der Waals surface area contributed by atoms with Crippen LogP contribution in [0.15, 0.2) is 47.5 Å². The number of amides is 2. The van der Waals surface area contributed by atoms with E-state index in [1.165, 1.54) is 11.1 Å². The second-order valence-electron chi connectivity index (χ2n) is 8.71. The molecule has 0 saturated carbocycles. The largest absolute Gasteiger partial charge is 0.507 e. The first kappa shape index (κ1) is 22.5. The van der Waals surface area contributed by atoms with Crippen molar-refractivity contribution in [3.05, 3.63) is 70.5 Å². The van der Waals surface area contributed by atoms with Gasteiger partial charge in [-0.05, 0) is 12.8 Å². The van der Waals surface area contributed by atoms with Gasteiger partial charge in [-0.3, -0.25) is 9.59 Å². The van der Waals surface area contributed by atoms with Gasteiger partial charge in [0.15, 0.2) is 5.76 Å². The number of carbonyl (C=O) groups excluding carboxylic acids is 2. The summed E-state index contributed by atoms with van der Waals surface area (Å²) in [6, 6.07) is 0.659. The highest BCUT2D eigenvalue weighted by Gasteiger charge is 2.57. The summed E-state index contributed by atoms with van der Waals surface area (Å²) in [5.41, 5.74) is -1.66. The lowest BCUT2D eigenvalue weighted by molar-refractivity contribution is -0.159. The normalized spacial score (nSPS) is 28.2. The zero-order valence-electron chi connectivity index (χ0n) is 17.9. The fourth-order valence-corrected chi connectivity index (χ4v) is 5.19. The fraction of sp³-hybridized carbons (Fsp3) is 0.391. The Balaban J connectivity index is 1.46. The van der Waals surface area contributed by atoms with Crippen LogP contribution >= 0.6 is 0 Å². The Morgan fingerprint density at radius 3 is 2.71 bits per heavy atom. The van der Waals surface area contributed by atoms with Gasteiger partial charge < -0.3 is 30.1 Å². The first-order valence-corrected chi connectivity index (χ1v) is 10.8. The van der Waals surface area contributed by atoms with Crippen molar-refractivity contribution in [2.75, 3.05) is 19.8 Å². The Bertz CT molecular complexity index is 1140. The topological polar surface area (TPSA) is 102 Å². The molecule has 1 aromatic rings. The van der Waals surface area contributed by atoms with Gasteiger partial charge in [-0.25, -0.2) is 13.2 Å². The van der Waals surface area contributed by atoms with Crippen molar-refractivity contribution in [2.24, 2.45) is 0 Å². The molecule has 2 amide bonds. The first-order chi connectivity index (χ1) is 16.2. The number of aliphatic hydroxyl groups excluding tert-OH is 2. The molecule has 3 N–H and O–H groups in total. The van der Waals surface area contributed by atoms with E-state index in [-0.39, 0.29) is 23.9 Å². The number of aliphatic hydroxyl groups is 2. The Labute approximate surface area is 192 Å². The van der Waals surface area contributed by atoms with Crippen LogP contribution in [0.25, 0.3) is 0 Å². The average Bonchev–Trinajstić information content (AvgIpc) is 2.80. The number of benzene rings is 1. The molecule has 2 unspecified atom stereocenters. The molecule has 4 aliphatic rings. The second-order valence-corrected chi connectivity index (χ2v) is 8.71. The maximum atomic E-state index is 13.9. The summed E-state index contributed by atoms with van der Waals surface area (Å²) >= 11 is 0. The molecule has 11 heteroatoms. The van der Waals surface area contributed by atoms with E-state index in [1.54, 1.807) is 4.90 Å². The standard InChI is InChI=1S/C23H22F3N3O5/c24-12-7-15(25)13(16(26)8-12)9-27-21(32)14-10-28-17-3-6-34-11-23(17)4-1-2-5-29(23)22(33)18(28)20(31)19(14)30/h1-2,7-8,10,17,19,30-31H,3-6,9,11H2,(H,27,32)/t17?,19?,23-/m1/s1. The van der Waals surface area contributed by atoms with Gasteiger partial charge in [-0.2, -0.15) is 0 Å². The maximum absolute atomic E-state index is 13.9.